The van der Waals surface area contributed by atoms with Crippen LogP contribution in [0.1, 0.15) is 27.4 Å². The lowest BCUT2D eigenvalue weighted by molar-refractivity contribution is 0.0888. The molecule has 2 aromatic rings. The van der Waals surface area contributed by atoms with Crippen molar-refractivity contribution in [3.63, 3.8) is 0 Å². The third-order valence-electron chi connectivity index (χ3n) is 2.38. The zero-order valence-electron chi connectivity index (χ0n) is 9.64. The molecule has 0 aliphatic rings. The van der Waals surface area contributed by atoms with Crippen molar-refractivity contribution in [2.45, 2.75) is 6.42 Å². The van der Waals surface area contributed by atoms with Gasteiger partial charge in [0.25, 0.3) is 0 Å². The third-order valence-corrected chi connectivity index (χ3v) is 2.99. The van der Waals surface area contributed by atoms with Crippen molar-refractivity contribution in [2.24, 2.45) is 0 Å². The summed E-state index contributed by atoms with van der Waals surface area (Å²) < 4.78 is 13.2. The Kier molecular flexibility index (Phi) is 4.11. The second-order valence-corrected chi connectivity index (χ2v) is 4.58. The van der Waals surface area contributed by atoms with E-state index in [0.717, 1.165) is 0 Å². The normalized spacial score (nSPS) is 10.2. The molecule has 6 heteroatoms. The van der Waals surface area contributed by atoms with Crippen molar-refractivity contribution in [1.82, 2.24) is 9.97 Å². The third kappa shape index (κ3) is 3.29. The number of hydrogen-bond acceptors (Lipinski definition) is 4. The first kappa shape index (κ1) is 13.5. The number of benzene rings is 1. The van der Waals surface area contributed by atoms with Gasteiger partial charge < -0.3 is 0 Å². The summed E-state index contributed by atoms with van der Waals surface area (Å²) >= 11 is 2.99. The summed E-state index contributed by atoms with van der Waals surface area (Å²) in [6, 6.07) is 5.43. The fourth-order valence-electron chi connectivity index (χ4n) is 1.44. The van der Waals surface area contributed by atoms with Crippen LogP contribution >= 0.6 is 15.9 Å². The van der Waals surface area contributed by atoms with Crippen LogP contribution in [0.25, 0.3) is 0 Å². The Balaban J connectivity index is 2.13. The van der Waals surface area contributed by atoms with Crippen molar-refractivity contribution >= 4 is 27.5 Å². The number of hydrogen-bond donors (Lipinski definition) is 0. The molecule has 2 rings (SSSR count). The molecule has 1 heterocycles. The lowest BCUT2D eigenvalue weighted by Crippen LogP contribution is -2.11. The molecular formula is C13H8BrFN2O2. The summed E-state index contributed by atoms with van der Waals surface area (Å²) in [5.41, 5.74) is 0.262. The Morgan fingerprint density at radius 3 is 2.47 bits per heavy atom. The molecule has 0 radical (unpaired) electrons. The highest BCUT2D eigenvalue weighted by Gasteiger charge is 2.16. The van der Waals surface area contributed by atoms with E-state index in [1.165, 1.54) is 30.6 Å². The van der Waals surface area contributed by atoms with Gasteiger partial charge in [-0.05, 0) is 40.2 Å². The van der Waals surface area contributed by atoms with Crippen LogP contribution in [0.2, 0.25) is 0 Å². The molecule has 0 saturated heterocycles. The van der Waals surface area contributed by atoms with Crippen LogP contribution in [0.3, 0.4) is 0 Å². The quantitative estimate of drug-likeness (QED) is 0.641. The number of Topliss-reactive ketones (excluding diaryl/α,β-unsaturated/α-hetero) is 2. The second-order valence-electron chi connectivity index (χ2n) is 3.72. The van der Waals surface area contributed by atoms with Gasteiger partial charge in [-0.15, -0.1) is 0 Å². The zero-order valence-corrected chi connectivity index (χ0v) is 11.2. The van der Waals surface area contributed by atoms with Crippen LogP contribution in [0.4, 0.5) is 4.39 Å². The molecule has 0 atom stereocenters. The molecule has 1 aromatic carbocycles. The van der Waals surface area contributed by atoms with Gasteiger partial charge in [-0.2, -0.15) is 0 Å². The van der Waals surface area contributed by atoms with Gasteiger partial charge in [-0.1, -0.05) is 0 Å². The lowest BCUT2D eigenvalue weighted by Gasteiger charge is -2.01. The Hall–Kier alpha value is -1.95. The van der Waals surface area contributed by atoms with Gasteiger partial charge in [-0.25, -0.2) is 14.4 Å². The molecule has 19 heavy (non-hydrogen) atoms. The van der Waals surface area contributed by atoms with Crippen molar-refractivity contribution in [2.75, 3.05) is 0 Å². The number of aromatic nitrogens is 2. The van der Waals surface area contributed by atoms with Gasteiger partial charge in [0.2, 0.25) is 5.78 Å². The Labute approximate surface area is 116 Å². The minimum atomic E-state index is -0.467. The average molecular weight is 323 g/mol. The molecule has 0 bridgehead atoms. The number of rotatable bonds is 4. The van der Waals surface area contributed by atoms with Crippen molar-refractivity contribution in [1.29, 1.82) is 0 Å². The maximum absolute atomic E-state index is 13.0. The van der Waals surface area contributed by atoms with Gasteiger partial charge in [0, 0.05) is 18.0 Å². The van der Waals surface area contributed by atoms with E-state index in [4.69, 9.17) is 0 Å². The molecule has 0 amide bonds. The number of halogens is 2. The number of nitrogens with zero attached hydrogens (tertiary/aromatic N) is 2. The van der Waals surface area contributed by atoms with E-state index in [1.54, 1.807) is 6.07 Å². The maximum atomic E-state index is 13.0. The maximum Gasteiger partial charge on any atom is 0.207 e. The molecule has 1 aromatic heterocycles. The fraction of sp³-hybridized carbons (Fsp3) is 0.0769. The van der Waals surface area contributed by atoms with E-state index in [9.17, 15) is 14.0 Å². The van der Waals surface area contributed by atoms with Crippen molar-refractivity contribution in [3.8, 4) is 0 Å². The SMILES string of the molecule is O=C(CC(=O)c1ncccn1)c1ccc(F)c(Br)c1. The average Bonchev–Trinajstić information content (AvgIpc) is 2.42. The molecule has 0 fully saturated rings. The zero-order chi connectivity index (χ0) is 13.8. The standard InChI is InChI=1S/C13H8BrFN2O2/c14-9-6-8(2-3-10(9)15)11(18)7-12(19)13-16-4-1-5-17-13/h1-6H,7H2. The largest absolute Gasteiger partial charge is 0.294 e. The molecule has 0 unspecified atom stereocenters. The molecule has 0 N–H and O–H groups in total. The lowest BCUT2D eigenvalue weighted by atomic mass is 10.1. The summed E-state index contributed by atoms with van der Waals surface area (Å²) in [7, 11) is 0. The smallest absolute Gasteiger partial charge is 0.207 e. The number of carbonyl (C=O) groups excluding carboxylic acids is 2. The minimum Gasteiger partial charge on any atom is -0.294 e. The first-order valence-electron chi connectivity index (χ1n) is 5.36. The summed E-state index contributed by atoms with van der Waals surface area (Å²) in [4.78, 5) is 31.2. The summed E-state index contributed by atoms with van der Waals surface area (Å²) in [5.74, 6) is -1.34. The van der Waals surface area contributed by atoms with Gasteiger partial charge in [0.15, 0.2) is 11.6 Å². The topological polar surface area (TPSA) is 59.9 Å². The summed E-state index contributed by atoms with van der Waals surface area (Å²) in [5, 5.41) is 0. The summed E-state index contributed by atoms with van der Waals surface area (Å²) in [6.45, 7) is 0. The summed E-state index contributed by atoms with van der Waals surface area (Å²) in [6.07, 6.45) is 2.51. The Bertz CT molecular complexity index is 632. The second kappa shape index (κ2) is 5.79. The van der Waals surface area contributed by atoms with Gasteiger partial charge >= 0.3 is 0 Å². The van der Waals surface area contributed by atoms with Gasteiger partial charge in [0.05, 0.1) is 10.9 Å². The monoisotopic (exact) mass is 322 g/mol. The van der Waals surface area contributed by atoms with E-state index in [2.05, 4.69) is 25.9 Å². The molecule has 0 aliphatic heterocycles. The predicted octanol–water partition coefficient (Wildman–Crippen LogP) is 2.83. The molecule has 0 saturated carbocycles. The van der Waals surface area contributed by atoms with Gasteiger partial charge in [0.1, 0.15) is 5.82 Å². The first-order chi connectivity index (χ1) is 9.08. The van der Waals surface area contributed by atoms with E-state index < -0.39 is 17.4 Å². The predicted molar refractivity (Wildman–Crippen MR) is 69.4 cm³/mol. The molecule has 0 spiro atoms. The van der Waals surface area contributed by atoms with E-state index in [0.29, 0.717) is 0 Å². The van der Waals surface area contributed by atoms with Crippen LogP contribution in [0, 0.1) is 5.82 Å². The van der Waals surface area contributed by atoms with E-state index in [-0.39, 0.29) is 22.3 Å². The van der Waals surface area contributed by atoms with E-state index in [1.807, 2.05) is 0 Å². The highest BCUT2D eigenvalue weighted by Crippen LogP contribution is 2.18. The van der Waals surface area contributed by atoms with Crippen LogP contribution in [0.5, 0.6) is 0 Å². The highest BCUT2D eigenvalue weighted by molar-refractivity contribution is 9.10. The van der Waals surface area contributed by atoms with Crippen LogP contribution in [-0.2, 0) is 0 Å². The fourth-order valence-corrected chi connectivity index (χ4v) is 1.82. The number of ketones is 2. The van der Waals surface area contributed by atoms with E-state index >= 15 is 0 Å². The van der Waals surface area contributed by atoms with Crippen molar-refractivity contribution < 1.29 is 14.0 Å². The van der Waals surface area contributed by atoms with Crippen LogP contribution in [0.15, 0.2) is 41.1 Å². The van der Waals surface area contributed by atoms with Crippen molar-refractivity contribution in [3.05, 3.63) is 58.3 Å². The van der Waals surface area contributed by atoms with Crippen LogP contribution < -0.4 is 0 Å². The van der Waals surface area contributed by atoms with Gasteiger partial charge in [-0.3, -0.25) is 9.59 Å². The molecular weight excluding hydrogens is 315 g/mol. The number of carbonyl (C=O) groups is 2. The molecule has 96 valence electrons. The van der Waals surface area contributed by atoms with Crippen LogP contribution in [-0.4, -0.2) is 21.5 Å². The molecule has 0 aliphatic carbocycles. The highest BCUT2D eigenvalue weighted by atomic mass is 79.9. The molecule has 4 nitrogen and oxygen atoms in total. The first-order valence-corrected chi connectivity index (χ1v) is 6.15. The minimum absolute atomic E-state index is 0.00275. The Morgan fingerprint density at radius 1 is 1.16 bits per heavy atom. The Morgan fingerprint density at radius 2 is 1.84 bits per heavy atom.